The van der Waals surface area contributed by atoms with Gasteiger partial charge in [0.05, 0.1) is 0 Å². The summed E-state index contributed by atoms with van der Waals surface area (Å²) >= 11 is 0. The highest BCUT2D eigenvalue weighted by Crippen LogP contribution is 2.25. The quantitative estimate of drug-likeness (QED) is 0.605. The fraction of sp³-hybridized carbons (Fsp3) is 0.900. The zero-order valence-electron chi connectivity index (χ0n) is 8.08. The average molecular weight is 166 g/mol. The number of nitrogens with zero attached hydrogens (tertiary/aromatic N) is 2. The van der Waals surface area contributed by atoms with E-state index in [0.717, 1.165) is 19.0 Å². The third kappa shape index (κ3) is 1.53. The molecule has 2 aliphatic rings. The van der Waals surface area contributed by atoms with Crippen LogP contribution in [-0.4, -0.2) is 36.8 Å². The van der Waals surface area contributed by atoms with Gasteiger partial charge in [-0.05, 0) is 18.9 Å². The van der Waals surface area contributed by atoms with Crippen LogP contribution in [0.25, 0.3) is 0 Å². The van der Waals surface area contributed by atoms with Crippen molar-refractivity contribution in [1.29, 1.82) is 0 Å². The Morgan fingerprint density at radius 3 is 2.92 bits per heavy atom. The van der Waals surface area contributed by atoms with Crippen LogP contribution in [0.15, 0.2) is 4.99 Å². The van der Waals surface area contributed by atoms with E-state index < -0.39 is 0 Å². The van der Waals surface area contributed by atoms with Crippen LogP contribution in [0.4, 0.5) is 0 Å². The lowest BCUT2D eigenvalue weighted by molar-refractivity contribution is 0.403. The Balaban J connectivity index is 1.93. The molecule has 2 bridgehead atoms. The minimum atomic E-state index is 0.714. The molecule has 2 fully saturated rings. The highest BCUT2D eigenvalue weighted by atomic mass is 15.2. The first-order chi connectivity index (χ1) is 5.75. The summed E-state index contributed by atoms with van der Waals surface area (Å²) in [4.78, 5) is 7.20. The first-order valence-corrected chi connectivity index (χ1v) is 5.01. The molecule has 2 nitrogen and oxygen atoms in total. The molecule has 2 heterocycles. The predicted octanol–water partition coefficient (Wildman–Crippen LogP) is 1.42. The summed E-state index contributed by atoms with van der Waals surface area (Å²) in [6, 6.07) is 0. The molecule has 2 heteroatoms. The van der Waals surface area contributed by atoms with Crippen LogP contribution in [0.5, 0.6) is 0 Å². The number of hydrogen-bond acceptors (Lipinski definition) is 2. The van der Waals surface area contributed by atoms with Gasteiger partial charge in [-0.2, -0.15) is 0 Å². The van der Waals surface area contributed by atoms with E-state index in [1.807, 2.05) is 0 Å². The maximum absolute atomic E-state index is 4.68. The van der Waals surface area contributed by atoms with Gasteiger partial charge in [-0.3, -0.25) is 9.89 Å². The molecule has 0 aromatic carbocycles. The van der Waals surface area contributed by atoms with Crippen molar-refractivity contribution in [1.82, 2.24) is 4.90 Å². The van der Waals surface area contributed by atoms with E-state index >= 15 is 0 Å². The minimum Gasteiger partial charge on any atom is -0.297 e. The Morgan fingerprint density at radius 2 is 2.42 bits per heavy atom. The lowest BCUT2D eigenvalue weighted by Crippen LogP contribution is -2.23. The molecule has 2 saturated heterocycles. The van der Waals surface area contributed by atoms with Gasteiger partial charge in [0.15, 0.2) is 0 Å². The topological polar surface area (TPSA) is 15.6 Å². The van der Waals surface area contributed by atoms with Crippen LogP contribution in [-0.2, 0) is 0 Å². The van der Waals surface area contributed by atoms with Crippen molar-refractivity contribution in [2.45, 2.75) is 20.3 Å². The van der Waals surface area contributed by atoms with Gasteiger partial charge < -0.3 is 0 Å². The monoisotopic (exact) mass is 166 g/mol. The zero-order chi connectivity index (χ0) is 8.55. The van der Waals surface area contributed by atoms with E-state index in [0.29, 0.717) is 5.92 Å². The van der Waals surface area contributed by atoms with E-state index in [1.165, 1.54) is 25.2 Å². The van der Waals surface area contributed by atoms with Crippen molar-refractivity contribution in [3.8, 4) is 0 Å². The summed E-state index contributed by atoms with van der Waals surface area (Å²) in [7, 11) is 0. The molecular weight excluding hydrogens is 148 g/mol. The normalized spacial score (nSPS) is 37.1. The molecule has 0 radical (unpaired) electrons. The van der Waals surface area contributed by atoms with E-state index in [-0.39, 0.29) is 0 Å². The largest absolute Gasteiger partial charge is 0.297 e. The molecule has 2 atom stereocenters. The molecule has 2 rings (SSSR count). The Bertz CT molecular complexity index is 196. The summed E-state index contributed by atoms with van der Waals surface area (Å²) < 4.78 is 0. The molecule has 0 amide bonds. The number of piperidine rings is 1. The van der Waals surface area contributed by atoms with Crippen molar-refractivity contribution < 1.29 is 0 Å². The number of rotatable bonds is 2. The second-order valence-corrected chi connectivity index (χ2v) is 4.45. The van der Waals surface area contributed by atoms with Gasteiger partial charge in [0, 0.05) is 31.3 Å². The van der Waals surface area contributed by atoms with Gasteiger partial charge in [-0.15, -0.1) is 0 Å². The summed E-state index contributed by atoms with van der Waals surface area (Å²) in [5, 5.41) is 0. The van der Waals surface area contributed by atoms with Crippen LogP contribution in [0.2, 0.25) is 0 Å². The summed E-state index contributed by atoms with van der Waals surface area (Å²) in [6.45, 7) is 9.26. The van der Waals surface area contributed by atoms with Crippen LogP contribution < -0.4 is 0 Å². The van der Waals surface area contributed by atoms with Crippen LogP contribution in [0, 0.1) is 11.8 Å². The summed E-state index contributed by atoms with van der Waals surface area (Å²) in [5.41, 5.74) is 1.48. The third-order valence-electron chi connectivity index (χ3n) is 2.79. The Kier molecular flexibility index (Phi) is 2.18. The molecule has 0 spiro atoms. The second kappa shape index (κ2) is 3.17. The summed E-state index contributed by atoms with van der Waals surface area (Å²) in [5.74, 6) is 1.54. The Labute approximate surface area is 74.7 Å². The molecule has 0 saturated carbocycles. The average Bonchev–Trinajstić information content (AvgIpc) is 2.60. The van der Waals surface area contributed by atoms with E-state index in [2.05, 4.69) is 23.7 Å². The molecule has 68 valence electrons. The van der Waals surface area contributed by atoms with Crippen molar-refractivity contribution in [2.24, 2.45) is 16.8 Å². The van der Waals surface area contributed by atoms with E-state index in [9.17, 15) is 0 Å². The molecule has 2 aliphatic heterocycles. The highest BCUT2D eigenvalue weighted by Gasteiger charge is 2.34. The van der Waals surface area contributed by atoms with Gasteiger partial charge in [0.2, 0.25) is 0 Å². The third-order valence-corrected chi connectivity index (χ3v) is 2.79. The van der Waals surface area contributed by atoms with Crippen molar-refractivity contribution in [3.63, 3.8) is 0 Å². The van der Waals surface area contributed by atoms with Crippen LogP contribution in [0.3, 0.4) is 0 Å². The number of aliphatic imine (C=N–C) groups is 1. The molecule has 0 aromatic heterocycles. The van der Waals surface area contributed by atoms with Crippen LogP contribution in [0.1, 0.15) is 20.3 Å². The van der Waals surface area contributed by atoms with Crippen molar-refractivity contribution in [3.05, 3.63) is 0 Å². The minimum absolute atomic E-state index is 0.714. The van der Waals surface area contributed by atoms with Gasteiger partial charge in [-0.1, -0.05) is 13.8 Å². The summed E-state index contributed by atoms with van der Waals surface area (Å²) in [6.07, 6.45) is 1.36. The smallest absolute Gasteiger partial charge is 0.0412 e. The maximum atomic E-state index is 4.68. The molecule has 0 aromatic rings. The maximum Gasteiger partial charge on any atom is 0.0412 e. The Hall–Kier alpha value is -0.370. The lowest BCUT2D eigenvalue weighted by atomic mass is 10.0. The second-order valence-electron chi connectivity index (χ2n) is 4.45. The highest BCUT2D eigenvalue weighted by molar-refractivity contribution is 5.91. The fourth-order valence-corrected chi connectivity index (χ4v) is 2.09. The molecule has 2 unspecified atom stereocenters. The van der Waals surface area contributed by atoms with Crippen LogP contribution >= 0.6 is 0 Å². The number of fused-ring (bicyclic) bond motifs is 2. The van der Waals surface area contributed by atoms with Gasteiger partial charge in [-0.25, -0.2) is 0 Å². The van der Waals surface area contributed by atoms with Crippen molar-refractivity contribution in [2.75, 3.05) is 26.2 Å². The zero-order valence-corrected chi connectivity index (χ0v) is 8.08. The van der Waals surface area contributed by atoms with Gasteiger partial charge in [0.1, 0.15) is 0 Å². The Morgan fingerprint density at radius 1 is 1.58 bits per heavy atom. The molecular formula is C10H18N2. The first kappa shape index (κ1) is 8.24. The van der Waals surface area contributed by atoms with Crippen molar-refractivity contribution >= 4 is 5.71 Å². The van der Waals surface area contributed by atoms with E-state index in [4.69, 9.17) is 0 Å². The molecule has 0 aliphatic carbocycles. The lowest BCUT2D eigenvalue weighted by Gasteiger charge is -2.13. The van der Waals surface area contributed by atoms with Gasteiger partial charge >= 0.3 is 0 Å². The molecule has 12 heavy (non-hydrogen) atoms. The SMILES string of the molecule is CC(C)CN=C1CN2CCC1C2. The number of hydrogen-bond donors (Lipinski definition) is 0. The predicted molar refractivity (Wildman–Crippen MR) is 51.7 cm³/mol. The standard InChI is InChI=1S/C10H18N2/c1-8(2)5-11-10-7-12-4-3-9(10)6-12/h8-9H,3-7H2,1-2H3. The van der Waals surface area contributed by atoms with E-state index in [1.54, 1.807) is 0 Å². The fourth-order valence-electron chi connectivity index (χ4n) is 2.09. The first-order valence-electron chi connectivity index (χ1n) is 5.01. The molecule has 0 N–H and O–H groups in total. The van der Waals surface area contributed by atoms with Gasteiger partial charge in [0.25, 0.3) is 0 Å².